The molecule has 0 aliphatic rings. The standard InChI is InChI=1S/C6H6O4S2/c7-1-5(2-8)11-12-6(3-9)4-10/h1-6H. The summed E-state index contributed by atoms with van der Waals surface area (Å²) in [5, 5.41) is -1.62. The molecule has 0 aromatic heterocycles. The SMILES string of the molecule is O=CC(C=O)SSC(C=O)C=O. The van der Waals surface area contributed by atoms with E-state index in [-0.39, 0.29) is 0 Å². The number of aldehydes is 4. The van der Waals surface area contributed by atoms with Gasteiger partial charge in [0.05, 0.1) is 0 Å². The van der Waals surface area contributed by atoms with Crippen LogP contribution in [0, 0.1) is 0 Å². The van der Waals surface area contributed by atoms with E-state index in [4.69, 9.17) is 0 Å². The molecule has 0 amide bonds. The molecule has 0 atom stereocenters. The Bertz CT molecular complexity index is 146. The van der Waals surface area contributed by atoms with Crippen LogP contribution in [0.3, 0.4) is 0 Å². The number of carbonyl (C=O) groups excluding carboxylic acids is 4. The molecular weight excluding hydrogens is 200 g/mol. The van der Waals surface area contributed by atoms with Crippen molar-refractivity contribution in [3.8, 4) is 0 Å². The summed E-state index contributed by atoms with van der Waals surface area (Å²) in [6.45, 7) is 0. The van der Waals surface area contributed by atoms with Gasteiger partial charge in [-0.05, 0) is 0 Å². The smallest absolute Gasteiger partial charge is 0.141 e. The maximum Gasteiger partial charge on any atom is 0.141 e. The van der Waals surface area contributed by atoms with Gasteiger partial charge in [0.2, 0.25) is 0 Å². The molecule has 66 valence electrons. The molecular formula is C6H6O4S2. The number of hydrogen-bond donors (Lipinski definition) is 0. The van der Waals surface area contributed by atoms with Gasteiger partial charge in [-0.25, -0.2) is 0 Å². The van der Waals surface area contributed by atoms with Crippen LogP contribution >= 0.6 is 21.6 Å². The topological polar surface area (TPSA) is 68.3 Å². The summed E-state index contributed by atoms with van der Waals surface area (Å²) >= 11 is 0. The molecule has 0 rings (SSSR count). The Kier molecular flexibility index (Phi) is 6.69. The van der Waals surface area contributed by atoms with E-state index in [0.717, 1.165) is 21.6 Å². The lowest BCUT2D eigenvalue weighted by Crippen LogP contribution is -2.08. The largest absolute Gasteiger partial charge is 0.302 e. The third-order valence-corrected chi connectivity index (χ3v) is 3.48. The van der Waals surface area contributed by atoms with E-state index >= 15 is 0 Å². The molecule has 0 spiro atoms. The molecule has 0 aliphatic heterocycles. The van der Waals surface area contributed by atoms with Gasteiger partial charge in [0.15, 0.2) is 0 Å². The van der Waals surface area contributed by atoms with Crippen LogP contribution in [0.5, 0.6) is 0 Å². The molecule has 0 saturated heterocycles. The van der Waals surface area contributed by atoms with Crippen LogP contribution in [0.1, 0.15) is 0 Å². The second kappa shape index (κ2) is 7.05. The first-order valence-corrected chi connectivity index (χ1v) is 5.19. The van der Waals surface area contributed by atoms with Crippen molar-refractivity contribution in [3.63, 3.8) is 0 Å². The van der Waals surface area contributed by atoms with Crippen molar-refractivity contribution in [1.82, 2.24) is 0 Å². The van der Waals surface area contributed by atoms with Crippen LogP contribution in [0.15, 0.2) is 0 Å². The van der Waals surface area contributed by atoms with Crippen molar-refractivity contribution < 1.29 is 19.2 Å². The van der Waals surface area contributed by atoms with Gasteiger partial charge < -0.3 is 19.2 Å². The zero-order valence-electron chi connectivity index (χ0n) is 5.91. The molecule has 0 bridgehead atoms. The monoisotopic (exact) mass is 206 g/mol. The Morgan fingerprint density at radius 3 is 1.08 bits per heavy atom. The second-order valence-corrected chi connectivity index (χ2v) is 4.29. The Morgan fingerprint density at radius 1 is 0.667 bits per heavy atom. The lowest BCUT2D eigenvalue weighted by molar-refractivity contribution is -0.115. The number of rotatable bonds is 7. The Balaban J connectivity index is 3.77. The maximum absolute atomic E-state index is 10.1. The molecule has 0 heterocycles. The zero-order valence-corrected chi connectivity index (χ0v) is 7.55. The molecule has 0 aliphatic carbocycles. The normalized spacial score (nSPS) is 9.83. The van der Waals surface area contributed by atoms with Crippen molar-refractivity contribution in [1.29, 1.82) is 0 Å². The average Bonchev–Trinajstić information content (AvgIpc) is 2.13. The molecule has 0 N–H and O–H groups in total. The highest BCUT2D eigenvalue weighted by Crippen LogP contribution is 2.27. The third-order valence-electron chi connectivity index (χ3n) is 0.814. The summed E-state index contributed by atoms with van der Waals surface area (Å²) in [6.07, 6.45) is 1.82. The molecule has 12 heavy (non-hydrogen) atoms. The summed E-state index contributed by atoms with van der Waals surface area (Å²) in [5.41, 5.74) is 0. The minimum Gasteiger partial charge on any atom is -0.302 e. The molecule has 4 nitrogen and oxygen atoms in total. The highest BCUT2D eigenvalue weighted by molar-refractivity contribution is 8.77. The lowest BCUT2D eigenvalue weighted by atomic mass is 10.5. The van der Waals surface area contributed by atoms with E-state index in [9.17, 15) is 19.2 Å². The predicted molar refractivity (Wildman–Crippen MR) is 47.0 cm³/mol. The fourth-order valence-electron chi connectivity index (χ4n) is 0.283. The van der Waals surface area contributed by atoms with E-state index in [1.807, 2.05) is 0 Å². The van der Waals surface area contributed by atoms with Crippen molar-refractivity contribution in [2.75, 3.05) is 0 Å². The summed E-state index contributed by atoms with van der Waals surface area (Å²) in [4.78, 5) is 40.3. The van der Waals surface area contributed by atoms with Gasteiger partial charge >= 0.3 is 0 Å². The fourth-order valence-corrected chi connectivity index (χ4v) is 2.04. The van der Waals surface area contributed by atoms with Gasteiger partial charge in [0, 0.05) is 0 Å². The first kappa shape index (κ1) is 11.4. The lowest BCUT2D eigenvalue weighted by Gasteiger charge is -2.01. The van der Waals surface area contributed by atoms with Gasteiger partial charge in [-0.3, -0.25) is 0 Å². The summed E-state index contributed by atoms with van der Waals surface area (Å²) in [7, 11) is 1.79. The van der Waals surface area contributed by atoms with Crippen LogP contribution in [0.4, 0.5) is 0 Å². The Labute approximate surface area is 76.9 Å². The summed E-state index contributed by atoms with van der Waals surface area (Å²) in [5.74, 6) is 0. The van der Waals surface area contributed by atoms with Crippen LogP contribution in [0.2, 0.25) is 0 Å². The van der Waals surface area contributed by atoms with E-state index < -0.39 is 10.5 Å². The van der Waals surface area contributed by atoms with Gasteiger partial charge in [-0.1, -0.05) is 21.6 Å². The molecule has 6 heteroatoms. The molecule has 0 unspecified atom stereocenters. The van der Waals surface area contributed by atoms with Gasteiger partial charge in [-0.15, -0.1) is 0 Å². The van der Waals surface area contributed by atoms with Gasteiger partial charge in [-0.2, -0.15) is 0 Å². The Hall–Kier alpha value is -0.620. The van der Waals surface area contributed by atoms with E-state index in [1.165, 1.54) is 0 Å². The van der Waals surface area contributed by atoms with E-state index in [1.54, 1.807) is 0 Å². The summed E-state index contributed by atoms with van der Waals surface area (Å²) in [6, 6.07) is 0. The quantitative estimate of drug-likeness (QED) is 0.329. The molecule has 0 saturated carbocycles. The predicted octanol–water partition coefficient (Wildman–Crippen LogP) is -0.0994. The minimum absolute atomic E-state index is 0.456. The third kappa shape index (κ3) is 4.30. The average molecular weight is 206 g/mol. The van der Waals surface area contributed by atoms with Crippen molar-refractivity contribution >= 4 is 46.7 Å². The van der Waals surface area contributed by atoms with Gasteiger partial charge in [0.1, 0.15) is 35.6 Å². The maximum atomic E-state index is 10.1. The first-order valence-electron chi connectivity index (χ1n) is 2.91. The fraction of sp³-hybridized carbons (Fsp3) is 0.333. The van der Waals surface area contributed by atoms with Crippen LogP contribution < -0.4 is 0 Å². The highest BCUT2D eigenvalue weighted by atomic mass is 33.1. The molecule has 0 fully saturated rings. The zero-order chi connectivity index (χ0) is 9.40. The van der Waals surface area contributed by atoms with E-state index in [2.05, 4.69) is 0 Å². The van der Waals surface area contributed by atoms with Gasteiger partial charge in [0.25, 0.3) is 0 Å². The second-order valence-electron chi connectivity index (χ2n) is 1.67. The number of hydrogen-bond acceptors (Lipinski definition) is 6. The number of carbonyl (C=O) groups is 4. The van der Waals surface area contributed by atoms with Crippen LogP contribution in [0.25, 0.3) is 0 Å². The van der Waals surface area contributed by atoms with Crippen molar-refractivity contribution in [2.24, 2.45) is 0 Å². The summed E-state index contributed by atoms with van der Waals surface area (Å²) < 4.78 is 0. The van der Waals surface area contributed by atoms with Crippen molar-refractivity contribution in [2.45, 2.75) is 10.5 Å². The van der Waals surface area contributed by atoms with Crippen molar-refractivity contribution in [3.05, 3.63) is 0 Å². The van der Waals surface area contributed by atoms with Crippen LogP contribution in [-0.4, -0.2) is 35.6 Å². The molecule has 0 aromatic rings. The van der Waals surface area contributed by atoms with Crippen LogP contribution in [-0.2, 0) is 19.2 Å². The molecule has 0 radical (unpaired) electrons. The highest BCUT2D eigenvalue weighted by Gasteiger charge is 2.11. The Morgan fingerprint density at radius 2 is 0.917 bits per heavy atom. The van der Waals surface area contributed by atoms with E-state index in [0.29, 0.717) is 25.1 Å². The minimum atomic E-state index is -0.808. The first-order chi connectivity index (χ1) is 5.78. The molecule has 0 aromatic carbocycles.